The van der Waals surface area contributed by atoms with Gasteiger partial charge in [-0.05, 0) is 174 Å². The predicted molar refractivity (Wildman–Crippen MR) is 354 cm³/mol. The first-order valence-corrected chi connectivity index (χ1v) is 28.9. The van der Waals surface area contributed by atoms with Crippen molar-refractivity contribution >= 4 is 21.8 Å². The zero-order valence-corrected chi connectivity index (χ0v) is 46.5. The van der Waals surface area contributed by atoms with Gasteiger partial charge in [-0.1, -0.05) is 243 Å². The van der Waals surface area contributed by atoms with Crippen molar-refractivity contribution in [1.82, 2.24) is 19.5 Å². The Kier molecular flexibility index (Phi) is 13.2. The average Bonchev–Trinajstić information content (AvgIpc) is 2.00. The Bertz CT molecular complexity index is 4600. The molecule has 2 aromatic heterocycles. The summed E-state index contributed by atoms with van der Waals surface area (Å²) in [5, 5.41) is 2.36. The lowest BCUT2D eigenvalue weighted by molar-refractivity contribution is 1.07. The Hall–Kier alpha value is -11.3. The maximum atomic E-state index is 5.45. The molecule has 0 radical (unpaired) electrons. The molecule has 13 aromatic carbocycles. The molecule has 0 fully saturated rings. The van der Waals surface area contributed by atoms with Crippen LogP contribution in [0.1, 0.15) is 0 Å². The van der Waals surface area contributed by atoms with Gasteiger partial charge in [0.1, 0.15) is 0 Å². The number of rotatable bonds is 12. The van der Waals surface area contributed by atoms with E-state index >= 15 is 0 Å². The summed E-state index contributed by atoms with van der Waals surface area (Å²) >= 11 is 0. The van der Waals surface area contributed by atoms with Gasteiger partial charge in [-0.3, -0.25) is 0 Å². The average molecular weight is 1080 g/mol. The first kappa shape index (κ1) is 50.6. The van der Waals surface area contributed by atoms with Crippen LogP contribution in [0.2, 0.25) is 0 Å². The molecule has 0 N–H and O–H groups in total. The van der Waals surface area contributed by atoms with Crippen molar-refractivity contribution in [2.24, 2.45) is 0 Å². The van der Waals surface area contributed by atoms with Crippen LogP contribution in [0, 0.1) is 0 Å². The monoisotopic (exact) mass is 1080 g/mol. The Balaban J connectivity index is 0.901. The number of aromatic nitrogens is 4. The van der Waals surface area contributed by atoms with E-state index < -0.39 is 0 Å². The molecule has 0 bridgehead atoms. The third-order valence-electron chi connectivity index (χ3n) is 16.2. The van der Waals surface area contributed by atoms with E-state index in [1.807, 2.05) is 0 Å². The van der Waals surface area contributed by atoms with Gasteiger partial charge >= 0.3 is 0 Å². The fourth-order valence-electron chi connectivity index (χ4n) is 12.0. The molecule has 0 spiro atoms. The molecule has 0 saturated carbocycles. The summed E-state index contributed by atoms with van der Waals surface area (Å²) in [5.74, 6) is 1.75. The van der Waals surface area contributed by atoms with Crippen molar-refractivity contribution in [1.29, 1.82) is 0 Å². The van der Waals surface area contributed by atoms with Crippen LogP contribution in [0.15, 0.2) is 328 Å². The molecule has 4 nitrogen and oxygen atoms in total. The summed E-state index contributed by atoms with van der Waals surface area (Å²) in [7, 11) is 0. The molecule has 0 atom stereocenters. The molecule has 0 aliphatic heterocycles. The number of nitrogens with zero attached hydrogens (tertiary/aromatic N) is 4. The standard InChI is InChI=1S/C81H54N4/c1-7-23-55(24-8-1)62-43-44-76-75(54-62)78-74(41-22-42-77(78)85(76)73-39-17-6-18-40-73)63-35-21-38-66(47-63)81-83-79(64-36-19-33-60(45-64)71-50-67(56-25-9-2-10-26-56)48-68(51-71)57-27-11-3-12-28-57)82-80(84-81)65-37-20-34-61(46-65)72-52-69(58-29-13-4-14-30-58)49-70(53-72)59-31-15-5-16-32-59/h1-54H. The highest BCUT2D eigenvalue weighted by Crippen LogP contribution is 2.42. The molecular formula is C81H54N4. The van der Waals surface area contributed by atoms with Gasteiger partial charge in [0.2, 0.25) is 0 Å². The first-order chi connectivity index (χ1) is 42.1. The predicted octanol–water partition coefficient (Wildman–Crippen LogP) is 21.3. The summed E-state index contributed by atoms with van der Waals surface area (Å²) in [6.45, 7) is 0. The first-order valence-electron chi connectivity index (χ1n) is 28.9. The van der Waals surface area contributed by atoms with Gasteiger partial charge in [0.05, 0.1) is 11.0 Å². The molecule has 0 saturated heterocycles. The highest BCUT2D eigenvalue weighted by molar-refractivity contribution is 6.16. The molecule has 15 aromatic rings. The number of hydrogen-bond acceptors (Lipinski definition) is 3. The Morgan fingerprint density at radius 1 is 0.188 bits per heavy atom. The number of benzene rings is 13. The van der Waals surface area contributed by atoms with Crippen molar-refractivity contribution in [3.63, 3.8) is 0 Å². The van der Waals surface area contributed by atoms with Crippen LogP contribution < -0.4 is 0 Å². The molecule has 2 heterocycles. The van der Waals surface area contributed by atoms with Crippen molar-refractivity contribution < 1.29 is 0 Å². The molecular weight excluding hydrogens is 1030 g/mol. The van der Waals surface area contributed by atoms with E-state index in [1.54, 1.807) is 0 Å². The smallest absolute Gasteiger partial charge is 0.164 e. The van der Waals surface area contributed by atoms with Crippen LogP contribution in [0.25, 0.3) is 151 Å². The van der Waals surface area contributed by atoms with Gasteiger partial charge in [0.25, 0.3) is 0 Å². The minimum atomic E-state index is 0.581. The number of fused-ring (bicyclic) bond motifs is 3. The third kappa shape index (κ3) is 10.1. The molecule has 15 rings (SSSR count). The van der Waals surface area contributed by atoms with Gasteiger partial charge in [0.15, 0.2) is 17.5 Å². The fourth-order valence-corrected chi connectivity index (χ4v) is 12.0. The molecule has 0 aliphatic rings. The van der Waals surface area contributed by atoms with Gasteiger partial charge in [-0.25, -0.2) is 15.0 Å². The van der Waals surface area contributed by atoms with E-state index in [0.29, 0.717) is 17.5 Å². The molecule has 0 aliphatic carbocycles. The second-order valence-corrected chi connectivity index (χ2v) is 21.6. The van der Waals surface area contributed by atoms with Crippen molar-refractivity contribution in [3.05, 3.63) is 328 Å². The summed E-state index contributed by atoms with van der Waals surface area (Å²) < 4.78 is 2.39. The SMILES string of the molecule is c1ccc(-c2cc(-c3ccccc3)cc(-c3cccc(-c4nc(-c5cccc(-c6cc(-c7ccccc7)cc(-c7ccccc7)c6)c5)nc(-c5cccc(-c6cccc7c6c6cc(-c8ccccc8)ccc6n7-c6ccccc6)c5)n4)c3)c2)cc1. The van der Waals surface area contributed by atoms with Gasteiger partial charge in [-0.15, -0.1) is 0 Å². The Morgan fingerprint density at radius 3 is 0.894 bits per heavy atom. The second-order valence-electron chi connectivity index (χ2n) is 21.6. The summed E-state index contributed by atoms with van der Waals surface area (Å²) in [4.78, 5) is 16.3. The van der Waals surface area contributed by atoms with E-state index in [-0.39, 0.29) is 0 Å². The molecule has 398 valence electrons. The van der Waals surface area contributed by atoms with E-state index in [0.717, 1.165) is 111 Å². The lowest BCUT2D eigenvalue weighted by Gasteiger charge is -2.14. The third-order valence-corrected chi connectivity index (χ3v) is 16.2. The van der Waals surface area contributed by atoms with Gasteiger partial charge < -0.3 is 4.57 Å². The van der Waals surface area contributed by atoms with Crippen molar-refractivity contribution in [3.8, 4) is 129 Å². The number of para-hydroxylation sites is 1. The maximum Gasteiger partial charge on any atom is 0.164 e. The van der Waals surface area contributed by atoms with Crippen LogP contribution >= 0.6 is 0 Å². The minimum absolute atomic E-state index is 0.581. The zero-order chi connectivity index (χ0) is 56.5. The van der Waals surface area contributed by atoms with Crippen LogP contribution in [-0.2, 0) is 0 Å². The quantitative estimate of drug-likeness (QED) is 0.122. The lowest BCUT2D eigenvalue weighted by Crippen LogP contribution is -2.00. The topological polar surface area (TPSA) is 43.6 Å². The van der Waals surface area contributed by atoms with Crippen molar-refractivity contribution in [2.75, 3.05) is 0 Å². The van der Waals surface area contributed by atoms with Crippen LogP contribution in [-0.4, -0.2) is 19.5 Å². The summed E-state index contributed by atoms with van der Waals surface area (Å²) in [6, 6.07) is 117. The molecule has 0 amide bonds. The van der Waals surface area contributed by atoms with Crippen LogP contribution in [0.4, 0.5) is 0 Å². The van der Waals surface area contributed by atoms with Gasteiger partial charge in [-0.2, -0.15) is 0 Å². The van der Waals surface area contributed by atoms with E-state index in [4.69, 9.17) is 15.0 Å². The molecule has 0 unspecified atom stereocenters. The Labute approximate surface area is 495 Å². The highest BCUT2D eigenvalue weighted by atomic mass is 15.0. The van der Waals surface area contributed by atoms with E-state index in [1.165, 1.54) is 21.9 Å². The van der Waals surface area contributed by atoms with Crippen molar-refractivity contribution in [2.45, 2.75) is 0 Å². The lowest BCUT2D eigenvalue weighted by atomic mass is 9.92. The zero-order valence-electron chi connectivity index (χ0n) is 46.5. The van der Waals surface area contributed by atoms with E-state index in [2.05, 4.69) is 332 Å². The minimum Gasteiger partial charge on any atom is -0.309 e. The van der Waals surface area contributed by atoms with E-state index in [9.17, 15) is 0 Å². The fraction of sp³-hybridized carbons (Fsp3) is 0. The highest BCUT2D eigenvalue weighted by Gasteiger charge is 2.20. The Morgan fingerprint density at radius 2 is 0.482 bits per heavy atom. The normalized spacial score (nSPS) is 11.3. The maximum absolute atomic E-state index is 5.45. The summed E-state index contributed by atoms with van der Waals surface area (Å²) in [6.07, 6.45) is 0. The molecule has 4 heteroatoms. The van der Waals surface area contributed by atoms with Crippen LogP contribution in [0.3, 0.4) is 0 Å². The number of hydrogen-bond donors (Lipinski definition) is 0. The van der Waals surface area contributed by atoms with Gasteiger partial charge in [0, 0.05) is 33.2 Å². The molecule has 85 heavy (non-hydrogen) atoms. The summed E-state index contributed by atoms with van der Waals surface area (Å²) in [5.41, 5.74) is 24.1. The van der Waals surface area contributed by atoms with Crippen LogP contribution in [0.5, 0.6) is 0 Å². The second kappa shape index (κ2) is 22.2. The largest absolute Gasteiger partial charge is 0.309 e.